The zero-order valence-electron chi connectivity index (χ0n) is 22.3. The maximum atomic E-state index is 13.4. The quantitative estimate of drug-likeness (QED) is 0.444. The van der Waals surface area contributed by atoms with Gasteiger partial charge in [-0.2, -0.15) is 0 Å². The summed E-state index contributed by atoms with van der Waals surface area (Å²) in [6, 6.07) is -0.0428. The molecule has 0 radical (unpaired) electrons. The van der Waals surface area contributed by atoms with Crippen molar-refractivity contribution in [1.29, 1.82) is 0 Å². The predicted octanol–water partition coefficient (Wildman–Crippen LogP) is 3.36. The van der Waals surface area contributed by atoms with E-state index in [1.807, 2.05) is 4.90 Å². The largest absolute Gasteiger partial charge is 0.447 e. The summed E-state index contributed by atoms with van der Waals surface area (Å²) in [6.45, 7) is 13.6. The van der Waals surface area contributed by atoms with Gasteiger partial charge in [-0.15, -0.1) is 0 Å². The summed E-state index contributed by atoms with van der Waals surface area (Å²) in [5.41, 5.74) is 0.372. The van der Waals surface area contributed by atoms with Crippen LogP contribution in [0.5, 0.6) is 0 Å². The molecule has 1 atom stereocenters. The highest BCUT2D eigenvalue weighted by molar-refractivity contribution is 7.90. The molecule has 1 saturated heterocycles. The molecule has 206 valence electrons. The topological polar surface area (TPSA) is 139 Å². The molecule has 2 aliphatic rings. The highest BCUT2D eigenvalue weighted by atomic mass is 32.2. The number of nitrogens with one attached hydrogen (secondary N) is 3. The Hall–Kier alpha value is -2.64. The smallest absolute Gasteiger partial charge is 0.411 e. The third kappa shape index (κ3) is 8.17. The van der Waals surface area contributed by atoms with E-state index in [0.29, 0.717) is 24.4 Å². The van der Waals surface area contributed by atoms with Crippen LogP contribution in [-0.4, -0.2) is 67.7 Å². The van der Waals surface area contributed by atoms with E-state index in [1.165, 1.54) is 11.3 Å². The van der Waals surface area contributed by atoms with Crippen molar-refractivity contribution in [2.75, 3.05) is 18.0 Å². The van der Waals surface area contributed by atoms with Crippen molar-refractivity contribution in [3.63, 3.8) is 0 Å². The van der Waals surface area contributed by atoms with E-state index >= 15 is 0 Å². The molecule has 2 heterocycles. The number of aromatic nitrogens is 1. The molecule has 0 spiro atoms. The molecule has 13 heteroatoms. The summed E-state index contributed by atoms with van der Waals surface area (Å²) in [5.74, 6) is 0. The summed E-state index contributed by atoms with van der Waals surface area (Å²) in [5, 5.41) is 5.28. The number of rotatable bonds is 8. The number of ether oxygens (including phenoxy) is 2. The molecule has 0 bridgehead atoms. The minimum absolute atomic E-state index is 0.0428. The predicted molar refractivity (Wildman–Crippen MR) is 144 cm³/mol. The van der Waals surface area contributed by atoms with Gasteiger partial charge in [0, 0.05) is 36.9 Å². The number of hydrogen-bond donors (Lipinski definition) is 3. The Morgan fingerprint density at radius 1 is 1.08 bits per heavy atom. The average molecular weight is 556 g/mol. The van der Waals surface area contributed by atoms with E-state index in [4.69, 9.17) is 9.47 Å². The summed E-state index contributed by atoms with van der Waals surface area (Å²) in [4.78, 5) is 31.2. The number of allylic oxidation sites excluding steroid dienone is 3. The number of nitrogens with zero attached hydrogens (tertiary/aromatic N) is 2. The van der Waals surface area contributed by atoms with Crippen molar-refractivity contribution in [3.8, 4) is 0 Å². The molecular weight excluding hydrogens is 518 g/mol. The number of anilines is 1. The van der Waals surface area contributed by atoms with Crippen LogP contribution in [0.2, 0.25) is 0 Å². The van der Waals surface area contributed by atoms with Crippen molar-refractivity contribution < 1.29 is 27.5 Å². The number of carbonyl (C=O) groups is 2. The Morgan fingerprint density at radius 2 is 1.70 bits per heavy atom. The Labute approximate surface area is 222 Å². The Balaban J connectivity index is 1.77. The first-order valence-corrected chi connectivity index (χ1v) is 14.6. The molecule has 37 heavy (non-hydrogen) atoms. The number of carbonyl (C=O) groups excluding carboxylic acids is 2. The third-order valence-electron chi connectivity index (χ3n) is 5.24. The van der Waals surface area contributed by atoms with Gasteiger partial charge in [0.1, 0.15) is 5.25 Å². The highest BCUT2D eigenvalue weighted by Gasteiger charge is 2.37. The Kier molecular flexibility index (Phi) is 8.91. The van der Waals surface area contributed by atoms with Gasteiger partial charge in [-0.1, -0.05) is 17.4 Å². The second-order valence-electron chi connectivity index (χ2n) is 10.7. The van der Waals surface area contributed by atoms with E-state index in [9.17, 15) is 18.0 Å². The van der Waals surface area contributed by atoms with Gasteiger partial charge in [-0.05, 0) is 60.1 Å². The van der Waals surface area contributed by atoms with E-state index in [2.05, 4.69) is 20.3 Å². The van der Waals surface area contributed by atoms with Crippen molar-refractivity contribution in [2.24, 2.45) is 0 Å². The molecule has 1 unspecified atom stereocenters. The first-order chi connectivity index (χ1) is 17.1. The fourth-order valence-electron chi connectivity index (χ4n) is 3.84. The molecule has 3 rings (SSSR count). The fourth-order valence-corrected chi connectivity index (χ4v) is 6.87. The van der Waals surface area contributed by atoms with Crippen LogP contribution in [0.3, 0.4) is 0 Å². The van der Waals surface area contributed by atoms with E-state index in [-0.39, 0.29) is 24.7 Å². The minimum atomic E-state index is -3.81. The molecular formula is C24H37N5O6S2. The number of sulfonamides is 1. The van der Waals surface area contributed by atoms with Crippen molar-refractivity contribution in [2.45, 2.75) is 83.9 Å². The van der Waals surface area contributed by atoms with Gasteiger partial charge in [0.05, 0.1) is 23.1 Å². The maximum absolute atomic E-state index is 13.4. The lowest BCUT2D eigenvalue weighted by Crippen LogP contribution is -2.59. The fraction of sp³-hybridized carbons (Fsp3) is 0.625. The van der Waals surface area contributed by atoms with Crippen LogP contribution in [0.1, 0.15) is 59.8 Å². The molecule has 1 aliphatic carbocycles. The van der Waals surface area contributed by atoms with Gasteiger partial charge in [0.15, 0.2) is 5.13 Å². The molecule has 1 aliphatic heterocycles. The first kappa shape index (κ1) is 28.9. The normalized spacial score (nSPS) is 18.7. The highest BCUT2D eigenvalue weighted by Crippen LogP contribution is 2.37. The Bertz CT molecular complexity index is 1160. The number of hydrogen-bond acceptors (Lipinski definition) is 9. The van der Waals surface area contributed by atoms with Gasteiger partial charge in [0.2, 0.25) is 10.0 Å². The van der Waals surface area contributed by atoms with E-state index < -0.39 is 33.0 Å². The molecule has 2 amide bonds. The van der Waals surface area contributed by atoms with Gasteiger partial charge in [-0.3, -0.25) is 5.32 Å². The van der Waals surface area contributed by atoms with Crippen molar-refractivity contribution in [3.05, 3.63) is 28.9 Å². The lowest BCUT2D eigenvalue weighted by atomic mass is 10.0. The molecule has 11 nitrogen and oxygen atoms in total. The summed E-state index contributed by atoms with van der Waals surface area (Å²) in [6.07, 6.45) is 3.58. The van der Waals surface area contributed by atoms with E-state index in [1.54, 1.807) is 66.8 Å². The van der Waals surface area contributed by atoms with Crippen LogP contribution in [-0.2, 0) is 19.5 Å². The van der Waals surface area contributed by atoms with Gasteiger partial charge < -0.3 is 19.7 Å². The molecule has 1 aromatic rings. The third-order valence-corrected chi connectivity index (χ3v) is 8.41. The number of amides is 2. The molecule has 1 fully saturated rings. The molecule has 0 aromatic carbocycles. The van der Waals surface area contributed by atoms with Crippen LogP contribution >= 0.6 is 11.3 Å². The average Bonchev–Trinajstić information content (AvgIpc) is 3.16. The van der Waals surface area contributed by atoms with Crippen LogP contribution in [0.25, 0.3) is 5.57 Å². The SMILES string of the molecule is CC(C)OC(=O)NC1=CC=C(c2cnc(N3CC(NC(=O)OC(C)C)C3)s2)C(S(=O)(=O)NC(C)(C)C)C1. The lowest BCUT2D eigenvalue weighted by molar-refractivity contribution is 0.110. The summed E-state index contributed by atoms with van der Waals surface area (Å²) >= 11 is 1.39. The first-order valence-electron chi connectivity index (χ1n) is 12.2. The lowest BCUT2D eigenvalue weighted by Gasteiger charge is -2.39. The molecule has 3 N–H and O–H groups in total. The van der Waals surface area contributed by atoms with Crippen LogP contribution in [0, 0.1) is 0 Å². The minimum Gasteiger partial charge on any atom is -0.447 e. The second-order valence-corrected chi connectivity index (χ2v) is 13.6. The number of thiazole rings is 1. The zero-order valence-corrected chi connectivity index (χ0v) is 24.0. The zero-order chi connectivity index (χ0) is 27.5. The van der Waals surface area contributed by atoms with Crippen LogP contribution in [0.15, 0.2) is 24.0 Å². The monoisotopic (exact) mass is 555 g/mol. The van der Waals surface area contributed by atoms with Crippen LogP contribution < -0.4 is 20.3 Å². The summed E-state index contributed by atoms with van der Waals surface area (Å²) < 4.78 is 39.8. The molecule has 1 aromatic heterocycles. The maximum Gasteiger partial charge on any atom is 0.411 e. The number of alkyl carbamates (subject to hydrolysis) is 2. The van der Waals surface area contributed by atoms with E-state index in [0.717, 1.165) is 10.0 Å². The van der Waals surface area contributed by atoms with Gasteiger partial charge in [-0.25, -0.2) is 27.7 Å². The Morgan fingerprint density at radius 3 is 2.30 bits per heavy atom. The van der Waals surface area contributed by atoms with Crippen molar-refractivity contribution >= 4 is 44.3 Å². The van der Waals surface area contributed by atoms with Crippen LogP contribution in [0.4, 0.5) is 14.7 Å². The van der Waals surface area contributed by atoms with Gasteiger partial charge >= 0.3 is 12.2 Å². The van der Waals surface area contributed by atoms with Gasteiger partial charge in [0.25, 0.3) is 0 Å². The van der Waals surface area contributed by atoms with Crippen molar-refractivity contribution in [1.82, 2.24) is 20.3 Å². The summed E-state index contributed by atoms with van der Waals surface area (Å²) in [7, 11) is -3.81. The molecule has 0 saturated carbocycles. The standard InChI is InChI=1S/C24H37N5O6S2/c1-14(2)34-22(30)26-16-8-9-18(20(10-16)37(32,33)28-24(5,6)7)19-11-25-21(36-19)29-12-17(13-29)27-23(31)35-15(3)4/h8-9,11,14-15,17,20,28H,10,12-13H2,1-7H3,(H,26,30)(H,27,31). The second kappa shape index (κ2) is 11.4.